The number of benzene rings is 2. The second kappa shape index (κ2) is 9.20. The lowest BCUT2D eigenvalue weighted by molar-refractivity contribution is -0.136. The van der Waals surface area contributed by atoms with Crippen LogP contribution in [0.25, 0.3) is 6.08 Å². The number of methoxy groups -OCH3 is 1. The normalized spacial score (nSPS) is 15.0. The van der Waals surface area contributed by atoms with E-state index in [9.17, 15) is 9.59 Å². The third-order valence-electron chi connectivity index (χ3n) is 4.51. The Hall–Kier alpha value is -3.02. The van der Waals surface area contributed by atoms with Crippen LogP contribution in [-0.4, -0.2) is 25.6 Å². The summed E-state index contributed by atoms with van der Waals surface area (Å²) in [6, 6.07) is 12.0. The maximum atomic E-state index is 13.3. The number of rotatable bonds is 6. The van der Waals surface area contributed by atoms with E-state index in [1.54, 1.807) is 61.5 Å². The van der Waals surface area contributed by atoms with Crippen LogP contribution in [0.4, 0.5) is 5.69 Å². The van der Waals surface area contributed by atoms with Crippen LogP contribution in [0.3, 0.4) is 0 Å². The summed E-state index contributed by atoms with van der Waals surface area (Å²) in [7, 11) is 1.28. The van der Waals surface area contributed by atoms with Crippen molar-refractivity contribution in [2.45, 2.75) is 6.92 Å². The zero-order valence-electron chi connectivity index (χ0n) is 16.4. The molecule has 1 aliphatic rings. The number of hydrogen-bond acceptors (Lipinski definition) is 4. The van der Waals surface area contributed by atoms with Gasteiger partial charge in [-0.15, -0.1) is 0 Å². The summed E-state index contributed by atoms with van der Waals surface area (Å²) in [5.74, 6) is -0.286. The van der Waals surface area contributed by atoms with Crippen LogP contribution in [0.5, 0.6) is 5.75 Å². The molecule has 2 aromatic rings. The average Bonchev–Trinajstić information content (AvgIpc) is 2.98. The minimum Gasteiger partial charge on any atom is -0.490 e. The number of carbonyl (C=O) groups is 2. The molecule has 5 nitrogen and oxygen atoms in total. The molecule has 7 heteroatoms. The molecule has 0 atom stereocenters. The number of ether oxygens (including phenoxy) is 2. The van der Waals surface area contributed by atoms with Gasteiger partial charge < -0.3 is 9.47 Å². The first-order valence-corrected chi connectivity index (χ1v) is 9.77. The maximum absolute atomic E-state index is 13.3. The molecule has 1 amide bonds. The van der Waals surface area contributed by atoms with E-state index < -0.39 is 5.97 Å². The molecule has 0 fully saturated rings. The molecule has 3 rings (SSSR count). The van der Waals surface area contributed by atoms with Gasteiger partial charge in [-0.3, -0.25) is 9.69 Å². The van der Waals surface area contributed by atoms with Crippen molar-refractivity contribution in [1.29, 1.82) is 0 Å². The second-order valence-electron chi connectivity index (χ2n) is 6.42. The van der Waals surface area contributed by atoms with E-state index in [2.05, 4.69) is 6.58 Å². The Kier molecular flexibility index (Phi) is 6.65. The van der Waals surface area contributed by atoms with Crippen LogP contribution in [0.1, 0.15) is 12.5 Å². The number of amides is 1. The standard InChI is InChI=1S/C23H19Cl2NO4/c1-4-11-30-17-8-5-15(6-9-17)12-18-21(23(28)29-3)14(2)26(22(18)27)16-7-10-19(24)20(25)13-16/h4-10,12-13H,1,11H2,2-3H3/b18-12-. The Morgan fingerprint density at radius 2 is 1.83 bits per heavy atom. The van der Waals surface area contributed by atoms with Crippen molar-refractivity contribution < 1.29 is 19.1 Å². The van der Waals surface area contributed by atoms with Gasteiger partial charge in [0, 0.05) is 5.70 Å². The lowest BCUT2D eigenvalue weighted by atomic mass is 10.0. The summed E-state index contributed by atoms with van der Waals surface area (Å²) in [6.45, 7) is 5.69. The van der Waals surface area contributed by atoms with Crippen molar-refractivity contribution in [3.8, 4) is 5.75 Å². The molecule has 1 aliphatic heterocycles. The van der Waals surface area contributed by atoms with Crippen molar-refractivity contribution in [2.24, 2.45) is 0 Å². The van der Waals surface area contributed by atoms with E-state index >= 15 is 0 Å². The molecule has 30 heavy (non-hydrogen) atoms. The number of esters is 1. The largest absolute Gasteiger partial charge is 0.490 e. The first-order valence-electron chi connectivity index (χ1n) is 9.02. The highest BCUT2D eigenvalue weighted by molar-refractivity contribution is 6.42. The number of allylic oxidation sites excluding steroid dienone is 1. The van der Waals surface area contributed by atoms with Crippen LogP contribution >= 0.6 is 23.2 Å². The number of nitrogens with zero attached hydrogens (tertiary/aromatic N) is 1. The summed E-state index contributed by atoms with van der Waals surface area (Å²) in [5.41, 5.74) is 2.10. The summed E-state index contributed by atoms with van der Waals surface area (Å²) < 4.78 is 10.4. The average molecular weight is 444 g/mol. The summed E-state index contributed by atoms with van der Waals surface area (Å²) in [5, 5.41) is 0.679. The number of anilines is 1. The Labute approximate surface area is 184 Å². The summed E-state index contributed by atoms with van der Waals surface area (Å²) in [6.07, 6.45) is 3.30. The van der Waals surface area contributed by atoms with Gasteiger partial charge in [0.15, 0.2) is 0 Å². The topological polar surface area (TPSA) is 55.8 Å². The molecule has 0 N–H and O–H groups in total. The monoisotopic (exact) mass is 443 g/mol. The molecule has 0 aliphatic carbocycles. The molecule has 0 saturated heterocycles. The van der Waals surface area contributed by atoms with Crippen LogP contribution in [0.15, 0.2) is 72.0 Å². The Morgan fingerprint density at radius 1 is 1.13 bits per heavy atom. The third kappa shape index (κ3) is 4.27. The fourth-order valence-corrected chi connectivity index (χ4v) is 3.39. The van der Waals surface area contributed by atoms with Crippen molar-refractivity contribution in [1.82, 2.24) is 0 Å². The molecule has 2 aromatic carbocycles. The van der Waals surface area contributed by atoms with Crippen LogP contribution in [0, 0.1) is 0 Å². The molecule has 0 saturated carbocycles. The molecule has 0 spiro atoms. The Morgan fingerprint density at radius 3 is 2.43 bits per heavy atom. The molecule has 0 radical (unpaired) electrons. The highest BCUT2D eigenvalue weighted by Gasteiger charge is 2.38. The van der Waals surface area contributed by atoms with Crippen LogP contribution in [0.2, 0.25) is 10.0 Å². The zero-order valence-corrected chi connectivity index (χ0v) is 18.0. The van der Waals surface area contributed by atoms with Gasteiger partial charge in [-0.2, -0.15) is 0 Å². The maximum Gasteiger partial charge on any atom is 0.340 e. The van der Waals surface area contributed by atoms with E-state index in [0.29, 0.717) is 33.8 Å². The van der Waals surface area contributed by atoms with Gasteiger partial charge in [-0.05, 0) is 48.9 Å². The fraction of sp³-hybridized carbons (Fsp3) is 0.130. The van der Waals surface area contributed by atoms with Gasteiger partial charge in [0.1, 0.15) is 12.4 Å². The minimum atomic E-state index is -0.597. The molecule has 0 aromatic heterocycles. The van der Waals surface area contributed by atoms with Crippen LogP contribution in [-0.2, 0) is 14.3 Å². The zero-order chi connectivity index (χ0) is 21.8. The van der Waals surface area contributed by atoms with Crippen molar-refractivity contribution in [3.05, 3.63) is 87.6 Å². The first-order chi connectivity index (χ1) is 14.4. The van der Waals surface area contributed by atoms with Gasteiger partial charge >= 0.3 is 5.97 Å². The van der Waals surface area contributed by atoms with Gasteiger partial charge in [-0.25, -0.2) is 4.79 Å². The van der Waals surface area contributed by atoms with Crippen molar-refractivity contribution >= 4 is 46.8 Å². The predicted octanol–water partition coefficient (Wildman–Crippen LogP) is 5.44. The first kappa shape index (κ1) is 21.7. The molecule has 0 bridgehead atoms. The van der Waals surface area contributed by atoms with Gasteiger partial charge in [0.05, 0.1) is 34.0 Å². The van der Waals surface area contributed by atoms with Gasteiger partial charge in [-0.1, -0.05) is 48.0 Å². The second-order valence-corrected chi connectivity index (χ2v) is 7.23. The van der Waals surface area contributed by atoms with Crippen LogP contribution < -0.4 is 9.64 Å². The van der Waals surface area contributed by atoms with Gasteiger partial charge in [0.25, 0.3) is 5.91 Å². The highest BCUT2D eigenvalue weighted by Crippen LogP contribution is 2.37. The highest BCUT2D eigenvalue weighted by atomic mass is 35.5. The minimum absolute atomic E-state index is 0.195. The van der Waals surface area contributed by atoms with E-state index in [1.165, 1.54) is 12.0 Å². The van der Waals surface area contributed by atoms with Crippen molar-refractivity contribution in [2.75, 3.05) is 18.6 Å². The number of hydrogen-bond donors (Lipinski definition) is 0. The van der Waals surface area contributed by atoms with E-state index in [0.717, 1.165) is 5.56 Å². The Balaban J connectivity index is 2.03. The predicted molar refractivity (Wildman–Crippen MR) is 119 cm³/mol. The molecular formula is C23H19Cl2NO4. The lowest BCUT2D eigenvalue weighted by Crippen LogP contribution is -2.24. The summed E-state index contributed by atoms with van der Waals surface area (Å²) >= 11 is 12.1. The Bertz CT molecular complexity index is 1070. The fourth-order valence-electron chi connectivity index (χ4n) is 3.10. The molecule has 1 heterocycles. The SMILES string of the molecule is C=CCOc1ccc(/C=C2\C(=O)N(c3ccc(Cl)c(Cl)c3)C(C)=C2C(=O)OC)cc1. The van der Waals surface area contributed by atoms with E-state index in [1.807, 2.05) is 0 Å². The number of carbonyl (C=O) groups excluding carboxylic acids is 2. The smallest absolute Gasteiger partial charge is 0.340 e. The summed E-state index contributed by atoms with van der Waals surface area (Å²) in [4.78, 5) is 27.1. The van der Waals surface area contributed by atoms with Crippen molar-refractivity contribution in [3.63, 3.8) is 0 Å². The van der Waals surface area contributed by atoms with E-state index in [4.69, 9.17) is 32.7 Å². The molecular weight excluding hydrogens is 425 g/mol. The third-order valence-corrected chi connectivity index (χ3v) is 5.25. The lowest BCUT2D eigenvalue weighted by Gasteiger charge is -2.18. The number of halogens is 2. The molecule has 0 unspecified atom stereocenters. The molecule has 154 valence electrons. The van der Waals surface area contributed by atoms with Gasteiger partial charge in [0.2, 0.25) is 0 Å². The van der Waals surface area contributed by atoms with E-state index in [-0.39, 0.29) is 17.1 Å². The quantitative estimate of drug-likeness (QED) is 0.339.